The molecule has 2 fully saturated rings. The lowest BCUT2D eigenvalue weighted by Crippen LogP contribution is -2.42. The van der Waals surface area contributed by atoms with Crippen LogP contribution >= 0.6 is 0 Å². The summed E-state index contributed by atoms with van der Waals surface area (Å²) in [5.74, 6) is 0.690. The minimum Gasteiger partial charge on any atom is -0.381 e. The van der Waals surface area contributed by atoms with Crippen LogP contribution in [0.2, 0.25) is 0 Å². The zero-order valence-electron chi connectivity index (χ0n) is 8.42. The SMILES string of the molecule is O=C(NCC1CCOC1)C1CCCN1. The second kappa shape index (κ2) is 4.75. The third kappa shape index (κ3) is 2.45. The Hall–Kier alpha value is -0.610. The van der Waals surface area contributed by atoms with E-state index in [1.54, 1.807) is 0 Å². The Balaban J connectivity index is 1.66. The van der Waals surface area contributed by atoms with E-state index in [-0.39, 0.29) is 11.9 Å². The van der Waals surface area contributed by atoms with Gasteiger partial charge in [-0.1, -0.05) is 0 Å². The average Bonchev–Trinajstić information content (AvgIpc) is 2.87. The molecular weight excluding hydrogens is 180 g/mol. The van der Waals surface area contributed by atoms with E-state index in [0.29, 0.717) is 5.92 Å². The van der Waals surface area contributed by atoms with Gasteiger partial charge in [-0.3, -0.25) is 4.79 Å². The van der Waals surface area contributed by atoms with E-state index in [2.05, 4.69) is 10.6 Å². The predicted molar refractivity (Wildman–Crippen MR) is 53.0 cm³/mol. The molecule has 2 atom stereocenters. The van der Waals surface area contributed by atoms with Crippen LogP contribution < -0.4 is 10.6 Å². The molecule has 80 valence electrons. The van der Waals surface area contributed by atoms with E-state index in [1.165, 1.54) is 0 Å². The van der Waals surface area contributed by atoms with Crippen molar-refractivity contribution in [3.05, 3.63) is 0 Å². The Labute approximate surface area is 84.4 Å². The van der Waals surface area contributed by atoms with Crippen LogP contribution in [0, 0.1) is 5.92 Å². The van der Waals surface area contributed by atoms with Crippen molar-refractivity contribution < 1.29 is 9.53 Å². The van der Waals surface area contributed by atoms with Crippen LogP contribution in [-0.4, -0.2) is 38.3 Å². The van der Waals surface area contributed by atoms with Crippen molar-refractivity contribution in [2.75, 3.05) is 26.3 Å². The summed E-state index contributed by atoms with van der Waals surface area (Å²) in [6.45, 7) is 3.40. The highest BCUT2D eigenvalue weighted by Crippen LogP contribution is 2.11. The molecule has 14 heavy (non-hydrogen) atoms. The molecule has 0 aromatic carbocycles. The molecule has 2 N–H and O–H groups in total. The van der Waals surface area contributed by atoms with Crippen LogP contribution in [0.5, 0.6) is 0 Å². The molecule has 2 aliphatic heterocycles. The summed E-state index contributed by atoms with van der Waals surface area (Å²) < 4.78 is 5.25. The highest BCUT2D eigenvalue weighted by atomic mass is 16.5. The number of carbonyl (C=O) groups excluding carboxylic acids is 1. The summed E-state index contributed by atoms with van der Waals surface area (Å²) in [5, 5.41) is 6.17. The Bertz CT molecular complexity index is 196. The summed E-state index contributed by atoms with van der Waals surface area (Å²) in [4.78, 5) is 11.6. The van der Waals surface area contributed by atoms with Crippen LogP contribution in [0.3, 0.4) is 0 Å². The Morgan fingerprint density at radius 1 is 1.50 bits per heavy atom. The van der Waals surface area contributed by atoms with E-state index in [1.807, 2.05) is 0 Å². The van der Waals surface area contributed by atoms with Crippen LogP contribution in [0.1, 0.15) is 19.3 Å². The lowest BCUT2D eigenvalue weighted by molar-refractivity contribution is -0.122. The molecule has 4 nitrogen and oxygen atoms in total. The first-order valence-corrected chi connectivity index (χ1v) is 5.45. The van der Waals surface area contributed by atoms with Gasteiger partial charge in [-0.2, -0.15) is 0 Å². The number of amides is 1. The first-order valence-electron chi connectivity index (χ1n) is 5.45. The van der Waals surface area contributed by atoms with Gasteiger partial charge < -0.3 is 15.4 Å². The molecular formula is C10H18N2O2. The molecule has 1 amide bonds. The van der Waals surface area contributed by atoms with Gasteiger partial charge in [0.15, 0.2) is 0 Å². The number of hydrogen-bond acceptors (Lipinski definition) is 3. The van der Waals surface area contributed by atoms with Crippen molar-refractivity contribution in [3.8, 4) is 0 Å². The molecule has 2 aliphatic rings. The molecule has 2 heterocycles. The van der Waals surface area contributed by atoms with Gasteiger partial charge in [0.1, 0.15) is 0 Å². The van der Waals surface area contributed by atoms with Gasteiger partial charge in [-0.25, -0.2) is 0 Å². The molecule has 2 saturated heterocycles. The topological polar surface area (TPSA) is 50.4 Å². The number of nitrogens with one attached hydrogen (secondary N) is 2. The van der Waals surface area contributed by atoms with Crippen molar-refractivity contribution in [1.29, 1.82) is 0 Å². The van der Waals surface area contributed by atoms with Gasteiger partial charge in [0.2, 0.25) is 5.91 Å². The summed E-state index contributed by atoms with van der Waals surface area (Å²) >= 11 is 0. The normalized spacial score (nSPS) is 32.0. The standard InChI is InChI=1S/C10H18N2O2/c13-10(9-2-1-4-11-9)12-6-8-3-5-14-7-8/h8-9,11H,1-7H2,(H,12,13). The quantitative estimate of drug-likeness (QED) is 0.665. The largest absolute Gasteiger partial charge is 0.381 e. The van der Waals surface area contributed by atoms with Crippen molar-refractivity contribution in [1.82, 2.24) is 10.6 Å². The fourth-order valence-corrected chi connectivity index (χ4v) is 2.02. The minimum atomic E-state index is 0.0531. The van der Waals surface area contributed by atoms with E-state index >= 15 is 0 Å². The Kier molecular flexibility index (Phi) is 3.37. The monoisotopic (exact) mass is 198 g/mol. The molecule has 0 aliphatic carbocycles. The summed E-state index contributed by atoms with van der Waals surface area (Å²) in [6.07, 6.45) is 3.18. The maximum absolute atomic E-state index is 11.6. The molecule has 0 aromatic heterocycles. The number of rotatable bonds is 3. The summed E-state index contributed by atoms with van der Waals surface area (Å²) in [6, 6.07) is 0.0531. The number of carbonyl (C=O) groups is 1. The van der Waals surface area contributed by atoms with E-state index in [0.717, 1.165) is 45.6 Å². The molecule has 0 spiro atoms. The van der Waals surface area contributed by atoms with Crippen molar-refractivity contribution in [2.24, 2.45) is 5.92 Å². The third-order valence-electron chi connectivity index (χ3n) is 2.97. The fourth-order valence-electron chi connectivity index (χ4n) is 2.02. The number of ether oxygens (including phenoxy) is 1. The van der Waals surface area contributed by atoms with Gasteiger partial charge in [0.05, 0.1) is 12.6 Å². The molecule has 2 rings (SSSR count). The summed E-state index contributed by atoms with van der Waals surface area (Å²) in [5.41, 5.74) is 0. The lowest BCUT2D eigenvalue weighted by Gasteiger charge is -2.13. The van der Waals surface area contributed by atoms with Gasteiger partial charge in [-0.05, 0) is 25.8 Å². The Morgan fingerprint density at radius 3 is 3.07 bits per heavy atom. The van der Waals surface area contributed by atoms with E-state index < -0.39 is 0 Å². The van der Waals surface area contributed by atoms with Crippen molar-refractivity contribution in [2.45, 2.75) is 25.3 Å². The van der Waals surface area contributed by atoms with Crippen molar-refractivity contribution in [3.63, 3.8) is 0 Å². The fraction of sp³-hybridized carbons (Fsp3) is 0.900. The van der Waals surface area contributed by atoms with E-state index in [9.17, 15) is 4.79 Å². The van der Waals surface area contributed by atoms with Crippen LogP contribution in [0.25, 0.3) is 0 Å². The minimum absolute atomic E-state index is 0.0531. The summed E-state index contributed by atoms with van der Waals surface area (Å²) in [7, 11) is 0. The van der Waals surface area contributed by atoms with Gasteiger partial charge in [0.25, 0.3) is 0 Å². The van der Waals surface area contributed by atoms with Gasteiger partial charge in [0, 0.05) is 19.1 Å². The second-order valence-electron chi connectivity index (χ2n) is 4.12. The lowest BCUT2D eigenvalue weighted by atomic mass is 10.1. The maximum Gasteiger partial charge on any atom is 0.237 e. The molecule has 0 aromatic rings. The molecule has 2 unspecified atom stereocenters. The molecule has 0 radical (unpaired) electrons. The molecule has 0 bridgehead atoms. The Morgan fingerprint density at radius 2 is 2.43 bits per heavy atom. The first-order chi connectivity index (χ1) is 6.86. The van der Waals surface area contributed by atoms with Crippen LogP contribution in [-0.2, 0) is 9.53 Å². The maximum atomic E-state index is 11.6. The molecule has 0 saturated carbocycles. The number of hydrogen-bond donors (Lipinski definition) is 2. The van der Waals surface area contributed by atoms with E-state index in [4.69, 9.17) is 4.74 Å². The second-order valence-corrected chi connectivity index (χ2v) is 4.12. The van der Waals surface area contributed by atoms with Gasteiger partial charge >= 0.3 is 0 Å². The third-order valence-corrected chi connectivity index (χ3v) is 2.97. The average molecular weight is 198 g/mol. The van der Waals surface area contributed by atoms with Crippen LogP contribution in [0.4, 0.5) is 0 Å². The first kappa shape index (κ1) is 9.93. The molecule has 4 heteroatoms. The van der Waals surface area contributed by atoms with Crippen molar-refractivity contribution >= 4 is 5.91 Å². The highest BCUT2D eigenvalue weighted by molar-refractivity contribution is 5.81. The van der Waals surface area contributed by atoms with Gasteiger partial charge in [-0.15, -0.1) is 0 Å². The zero-order chi connectivity index (χ0) is 9.80. The smallest absolute Gasteiger partial charge is 0.237 e. The zero-order valence-corrected chi connectivity index (χ0v) is 8.42. The van der Waals surface area contributed by atoms with Crippen LogP contribution in [0.15, 0.2) is 0 Å². The predicted octanol–water partition coefficient (Wildman–Crippen LogP) is -0.109. The highest BCUT2D eigenvalue weighted by Gasteiger charge is 2.23.